The first-order valence-corrected chi connectivity index (χ1v) is 10.1. The van der Waals surface area contributed by atoms with E-state index in [2.05, 4.69) is 21.7 Å². The highest BCUT2D eigenvalue weighted by Crippen LogP contribution is 2.27. The Morgan fingerprint density at radius 2 is 1.77 bits per heavy atom. The van der Waals surface area contributed by atoms with E-state index in [1.807, 2.05) is 41.8 Å². The largest absolute Gasteiger partial charge is 0.308 e. The fraction of sp³-hybridized carbons (Fsp3) is 0. The van der Waals surface area contributed by atoms with Crippen LogP contribution in [0, 0.1) is 10.1 Å². The number of hydrogen-bond acceptors (Lipinski definition) is 6. The van der Waals surface area contributed by atoms with Crippen LogP contribution < -0.4 is 10.6 Å². The Hall–Kier alpha value is -3.69. The van der Waals surface area contributed by atoms with Gasteiger partial charge in [0.25, 0.3) is 11.6 Å². The average molecular weight is 435 g/mol. The molecule has 1 amide bonds. The van der Waals surface area contributed by atoms with Gasteiger partial charge in [0.15, 0.2) is 10.2 Å². The number of hydrogen-bond donors (Lipinski definition) is 2. The van der Waals surface area contributed by atoms with Crippen LogP contribution in [0.3, 0.4) is 0 Å². The highest BCUT2D eigenvalue weighted by molar-refractivity contribution is 7.80. The number of benzene rings is 3. The van der Waals surface area contributed by atoms with Crippen molar-refractivity contribution < 1.29 is 9.72 Å². The maximum atomic E-state index is 12.4. The second kappa shape index (κ2) is 8.36. The van der Waals surface area contributed by atoms with E-state index >= 15 is 0 Å². The summed E-state index contributed by atoms with van der Waals surface area (Å²) in [6.07, 6.45) is 0. The van der Waals surface area contributed by atoms with Gasteiger partial charge in [0.05, 0.1) is 10.6 Å². The molecule has 0 saturated heterocycles. The molecule has 0 aliphatic carbocycles. The summed E-state index contributed by atoms with van der Waals surface area (Å²) in [4.78, 5) is 27.4. The van der Waals surface area contributed by atoms with Crippen LogP contribution in [-0.2, 0) is 0 Å². The van der Waals surface area contributed by atoms with Gasteiger partial charge in [-0.25, -0.2) is 4.98 Å². The maximum absolute atomic E-state index is 12.4. The number of rotatable bonds is 4. The van der Waals surface area contributed by atoms with Gasteiger partial charge in [-0.2, -0.15) is 0 Å². The van der Waals surface area contributed by atoms with E-state index in [9.17, 15) is 14.9 Å². The second-order valence-electron chi connectivity index (χ2n) is 6.28. The first-order chi connectivity index (χ1) is 14.5. The highest BCUT2D eigenvalue weighted by atomic mass is 32.1. The molecule has 0 bridgehead atoms. The van der Waals surface area contributed by atoms with Crippen molar-refractivity contribution in [2.75, 3.05) is 5.32 Å². The van der Waals surface area contributed by atoms with Crippen molar-refractivity contribution in [2.24, 2.45) is 0 Å². The molecular weight excluding hydrogens is 420 g/mol. The molecule has 4 aromatic rings. The summed E-state index contributed by atoms with van der Waals surface area (Å²) in [6.45, 7) is 0. The summed E-state index contributed by atoms with van der Waals surface area (Å²) in [5, 5.41) is 21.1. The molecule has 4 rings (SSSR count). The third-order valence-electron chi connectivity index (χ3n) is 4.34. The first-order valence-electron chi connectivity index (χ1n) is 8.82. The zero-order valence-corrected chi connectivity index (χ0v) is 17.0. The molecular formula is C21H14N4O3S2. The van der Waals surface area contributed by atoms with Gasteiger partial charge in [-0.3, -0.25) is 20.2 Å². The molecule has 2 N–H and O–H groups in total. The monoisotopic (exact) mass is 434 g/mol. The fourth-order valence-corrected chi connectivity index (χ4v) is 3.91. The molecule has 3 aromatic carbocycles. The molecule has 9 heteroatoms. The summed E-state index contributed by atoms with van der Waals surface area (Å²) in [5.41, 5.74) is 1.39. The molecule has 0 radical (unpaired) electrons. The van der Waals surface area contributed by atoms with Crippen molar-refractivity contribution in [3.05, 3.63) is 87.8 Å². The number of nitrogens with zero attached hydrogens (tertiary/aromatic N) is 2. The molecule has 1 aromatic heterocycles. The number of carbonyl (C=O) groups excluding carboxylic acids is 1. The van der Waals surface area contributed by atoms with Crippen molar-refractivity contribution in [3.63, 3.8) is 0 Å². The Bertz CT molecular complexity index is 1290. The Balaban J connectivity index is 1.46. The zero-order chi connectivity index (χ0) is 21.1. The number of aromatic nitrogens is 1. The lowest BCUT2D eigenvalue weighted by Crippen LogP contribution is -2.34. The first kappa shape index (κ1) is 19.6. The molecule has 148 valence electrons. The van der Waals surface area contributed by atoms with Gasteiger partial charge in [0.2, 0.25) is 0 Å². The summed E-state index contributed by atoms with van der Waals surface area (Å²) >= 11 is 6.50. The van der Waals surface area contributed by atoms with Crippen LogP contribution in [0.4, 0.5) is 10.8 Å². The Morgan fingerprint density at radius 3 is 2.57 bits per heavy atom. The molecule has 0 aliphatic heterocycles. The maximum Gasteiger partial charge on any atom is 0.282 e. The van der Waals surface area contributed by atoms with E-state index < -0.39 is 10.8 Å². The Morgan fingerprint density at radius 1 is 1.03 bits per heavy atom. The minimum Gasteiger partial charge on any atom is -0.308 e. The molecule has 7 nitrogen and oxygen atoms in total. The van der Waals surface area contributed by atoms with E-state index in [4.69, 9.17) is 12.2 Å². The molecule has 0 unspecified atom stereocenters. The SMILES string of the molecule is O=C(NC(=S)Nc1nc(-c2ccc3ccccc3c2)cs1)c1ccccc1[N+](=O)[O-]. The number of fused-ring (bicyclic) bond motifs is 1. The number of thiocarbonyl (C=S) groups is 1. The van der Waals surface area contributed by atoms with Crippen molar-refractivity contribution in [1.82, 2.24) is 10.3 Å². The summed E-state index contributed by atoms with van der Waals surface area (Å²) in [6, 6.07) is 19.8. The van der Waals surface area contributed by atoms with Gasteiger partial charge in [0.1, 0.15) is 5.56 Å². The van der Waals surface area contributed by atoms with Gasteiger partial charge in [-0.05, 0) is 35.1 Å². The van der Waals surface area contributed by atoms with Gasteiger partial charge >= 0.3 is 0 Å². The van der Waals surface area contributed by atoms with Crippen molar-refractivity contribution >= 4 is 56.2 Å². The Labute approximate surface area is 180 Å². The number of amides is 1. The number of nitro groups is 1. The molecule has 30 heavy (non-hydrogen) atoms. The number of para-hydroxylation sites is 1. The number of carbonyl (C=O) groups is 1. The lowest BCUT2D eigenvalue weighted by atomic mass is 10.1. The van der Waals surface area contributed by atoms with Crippen LogP contribution in [0.15, 0.2) is 72.1 Å². The summed E-state index contributed by atoms with van der Waals surface area (Å²) < 4.78 is 0. The summed E-state index contributed by atoms with van der Waals surface area (Å²) in [5.74, 6) is -0.661. The third-order valence-corrected chi connectivity index (χ3v) is 5.30. The molecule has 0 aliphatic rings. The van der Waals surface area contributed by atoms with E-state index in [1.165, 1.54) is 29.5 Å². The van der Waals surface area contributed by atoms with Crippen LogP contribution in [0.5, 0.6) is 0 Å². The second-order valence-corrected chi connectivity index (χ2v) is 7.55. The van der Waals surface area contributed by atoms with E-state index in [0.29, 0.717) is 5.13 Å². The molecule has 0 spiro atoms. The van der Waals surface area contributed by atoms with Crippen LogP contribution in [0.2, 0.25) is 0 Å². The van der Waals surface area contributed by atoms with Gasteiger partial charge < -0.3 is 5.32 Å². The van der Waals surface area contributed by atoms with Crippen LogP contribution in [0.25, 0.3) is 22.0 Å². The van der Waals surface area contributed by atoms with Crippen LogP contribution in [-0.4, -0.2) is 20.9 Å². The molecule has 1 heterocycles. The quantitative estimate of drug-likeness (QED) is 0.267. The lowest BCUT2D eigenvalue weighted by molar-refractivity contribution is -0.385. The number of anilines is 1. The number of nitro benzene ring substituents is 1. The minimum atomic E-state index is -0.661. The van der Waals surface area contributed by atoms with E-state index in [0.717, 1.165) is 22.0 Å². The van der Waals surface area contributed by atoms with Gasteiger partial charge in [0, 0.05) is 17.0 Å². The van der Waals surface area contributed by atoms with Crippen molar-refractivity contribution in [2.45, 2.75) is 0 Å². The number of thiazole rings is 1. The van der Waals surface area contributed by atoms with Crippen molar-refractivity contribution in [3.8, 4) is 11.3 Å². The van der Waals surface area contributed by atoms with E-state index in [-0.39, 0.29) is 16.4 Å². The van der Waals surface area contributed by atoms with Gasteiger partial charge in [-0.15, -0.1) is 11.3 Å². The molecule has 0 atom stereocenters. The molecule has 0 fully saturated rings. The third kappa shape index (κ3) is 4.17. The molecule has 0 saturated carbocycles. The normalized spacial score (nSPS) is 10.5. The number of nitrogens with one attached hydrogen (secondary N) is 2. The smallest absolute Gasteiger partial charge is 0.282 e. The zero-order valence-electron chi connectivity index (χ0n) is 15.4. The summed E-state index contributed by atoms with van der Waals surface area (Å²) in [7, 11) is 0. The van der Waals surface area contributed by atoms with Crippen LogP contribution in [0.1, 0.15) is 10.4 Å². The lowest BCUT2D eigenvalue weighted by Gasteiger charge is -2.07. The Kier molecular flexibility index (Phi) is 5.46. The average Bonchev–Trinajstić information content (AvgIpc) is 3.21. The predicted molar refractivity (Wildman–Crippen MR) is 122 cm³/mol. The standard InChI is InChI=1S/C21H14N4O3S2/c26-19(16-7-3-4-8-18(16)25(27)28)23-20(29)24-21-22-17(12-30-21)15-10-9-13-5-1-2-6-14(13)11-15/h1-12H,(H2,22,23,24,26,29). The minimum absolute atomic E-state index is 0.0116. The van der Waals surface area contributed by atoms with Gasteiger partial charge in [-0.1, -0.05) is 48.5 Å². The van der Waals surface area contributed by atoms with Crippen LogP contribution >= 0.6 is 23.6 Å². The van der Waals surface area contributed by atoms with Crippen molar-refractivity contribution in [1.29, 1.82) is 0 Å². The highest BCUT2D eigenvalue weighted by Gasteiger charge is 2.20. The topological polar surface area (TPSA) is 97.2 Å². The van der Waals surface area contributed by atoms with E-state index in [1.54, 1.807) is 6.07 Å². The fourth-order valence-electron chi connectivity index (χ4n) is 2.94. The predicted octanol–water partition coefficient (Wildman–Crippen LogP) is 5.00.